The van der Waals surface area contributed by atoms with E-state index in [9.17, 15) is 4.79 Å². The molecule has 0 amide bonds. The lowest BCUT2D eigenvalue weighted by atomic mass is 9.50. The van der Waals surface area contributed by atoms with Gasteiger partial charge in [0, 0.05) is 5.92 Å². The first-order valence-electron chi connectivity index (χ1n) is 3.97. The smallest absolute Gasteiger partial charge is 0.123 e. The van der Waals surface area contributed by atoms with Crippen molar-refractivity contribution in [1.29, 1.82) is 0 Å². The van der Waals surface area contributed by atoms with E-state index in [0.717, 1.165) is 6.29 Å². The molecule has 1 heteroatoms. The average molecular weight is 140 g/mol. The minimum absolute atomic E-state index is 0.251. The highest BCUT2D eigenvalue weighted by atomic mass is 16.1. The van der Waals surface area contributed by atoms with Crippen LogP contribution in [-0.2, 0) is 4.79 Å². The number of carbonyl (C=O) groups excluding carboxylic acids is 1. The number of hydrogen-bond acceptors (Lipinski definition) is 1. The van der Waals surface area contributed by atoms with E-state index >= 15 is 0 Å². The zero-order valence-corrected chi connectivity index (χ0v) is 7.22. The SMILES string of the molecule is CC1[C@H](C)[C@@H](C=O)C1(C)C. The van der Waals surface area contributed by atoms with E-state index < -0.39 is 0 Å². The summed E-state index contributed by atoms with van der Waals surface area (Å²) in [5.41, 5.74) is 0.251. The molecule has 0 aromatic carbocycles. The Morgan fingerprint density at radius 3 is 2.00 bits per heavy atom. The third-order valence-electron chi connectivity index (χ3n) is 3.53. The molecule has 0 saturated heterocycles. The highest BCUT2D eigenvalue weighted by Crippen LogP contribution is 2.53. The normalized spacial score (nSPS) is 44.2. The van der Waals surface area contributed by atoms with Gasteiger partial charge < -0.3 is 4.79 Å². The maximum absolute atomic E-state index is 10.6. The zero-order valence-electron chi connectivity index (χ0n) is 7.22. The second kappa shape index (κ2) is 2.08. The Labute approximate surface area is 62.8 Å². The summed E-state index contributed by atoms with van der Waals surface area (Å²) >= 11 is 0. The summed E-state index contributed by atoms with van der Waals surface area (Å²) in [4.78, 5) is 10.6. The number of hydrogen-bond donors (Lipinski definition) is 0. The molecule has 0 bridgehead atoms. The van der Waals surface area contributed by atoms with E-state index in [2.05, 4.69) is 27.7 Å². The Kier molecular flexibility index (Phi) is 1.61. The van der Waals surface area contributed by atoms with E-state index in [-0.39, 0.29) is 5.41 Å². The van der Waals surface area contributed by atoms with E-state index in [1.165, 1.54) is 0 Å². The minimum Gasteiger partial charge on any atom is -0.303 e. The third kappa shape index (κ3) is 0.727. The molecule has 10 heavy (non-hydrogen) atoms. The lowest BCUT2D eigenvalue weighted by Gasteiger charge is -2.54. The van der Waals surface area contributed by atoms with Gasteiger partial charge in [-0.2, -0.15) is 0 Å². The summed E-state index contributed by atoms with van der Waals surface area (Å²) in [6, 6.07) is 0. The second-order valence-corrected chi connectivity index (χ2v) is 4.13. The van der Waals surface area contributed by atoms with Gasteiger partial charge in [-0.15, -0.1) is 0 Å². The summed E-state index contributed by atoms with van der Waals surface area (Å²) < 4.78 is 0. The predicted molar refractivity (Wildman–Crippen MR) is 41.7 cm³/mol. The van der Waals surface area contributed by atoms with Crippen molar-refractivity contribution in [2.75, 3.05) is 0 Å². The molecule has 1 saturated carbocycles. The van der Waals surface area contributed by atoms with Gasteiger partial charge in [-0.05, 0) is 17.3 Å². The fourth-order valence-electron chi connectivity index (χ4n) is 2.15. The zero-order chi connectivity index (χ0) is 7.94. The van der Waals surface area contributed by atoms with Crippen LogP contribution >= 0.6 is 0 Å². The first kappa shape index (κ1) is 7.77. The molecule has 0 aromatic heterocycles. The van der Waals surface area contributed by atoms with Crippen LogP contribution in [0, 0.1) is 23.2 Å². The number of rotatable bonds is 1. The quantitative estimate of drug-likeness (QED) is 0.510. The van der Waals surface area contributed by atoms with Gasteiger partial charge >= 0.3 is 0 Å². The fraction of sp³-hybridized carbons (Fsp3) is 0.889. The standard InChI is InChI=1S/C9H16O/c1-6-7(2)9(3,4)8(6)5-10/h5-8H,1-4H3/t6-,7?,8+/m0/s1. The largest absolute Gasteiger partial charge is 0.303 e. The first-order valence-corrected chi connectivity index (χ1v) is 3.97. The van der Waals surface area contributed by atoms with Crippen molar-refractivity contribution in [2.24, 2.45) is 23.2 Å². The van der Waals surface area contributed by atoms with Crippen LogP contribution in [0.3, 0.4) is 0 Å². The van der Waals surface area contributed by atoms with Crippen molar-refractivity contribution >= 4 is 6.29 Å². The number of carbonyl (C=O) groups is 1. The van der Waals surface area contributed by atoms with Crippen LogP contribution in [-0.4, -0.2) is 6.29 Å². The summed E-state index contributed by atoms with van der Waals surface area (Å²) in [7, 11) is 0. The molecule has 0 N–H and O–H groups in total. The lowest BCUT2D eigenvalue weighted by molar-refractivity contribution is -0.134. The fourth-order valence-corrected chi connectivity index (χ4v) is 2.15. The van der Waals surface area contributed by atoms with Gasteiger partial charge in [-0.3, -0.25) is 0 Å². The highest BCUT2D eigenvalue weighted by Gasteiger charge is 2.50. The average Bonchev–Trinajstić information content (AvgIpc) is 1.88. The molecule has 0 radical (unpaired) electrons. The summed E-state index contributed by atoms with van der Waals surface area (Å²) in [5, 5.41) is 0. The van der Waals surface area contributed by atoms with E-state index in [1.54, 1.807) is 0 Å². The van der Waals surface area contributed by atoms with E-state index in [1.807, 2.05) is 0 Å². The molecule has 0 heterocycles. The monoisotopic (exact) mass is 140 g/mol. The molecule has 1 aliphatic carbocycles. The Balaban J connectivity index is 2.70. The molecule has 1 rings (SSSR count). The van der Waals surface area contributed by atoms with E-state index in [4.69, 9.17) is 0 Å². The van der Waals surface area contributed by atoms with E-state index in [0.29, 0.717) is 17.8 Å². The molecular formula is C9H16O. The molecule has 1 unspecified atom stereocenters. The highest BCUT2D eigenvalue weighted by molar-refractivity contribution is 5.57. The topological polar surface area (TPSA) is 17.1 Å². The Hall–Kier alpha value is -0.330. The van der Waals surface area contributed by atoms with Crippen molar-refractivity contribution in [1.82, 2.24) is 0 Å². The molecule has 1 fully saturated rings. The van der Waals surface area contributed by atoms with Crippen molar-refractivity contribution in [2.45, 2.75) is 27.7 Å². The van der Waals surface area contributed by atoms with Gasteiger partial charge in [0.2, 0.25) is 0 Å². The van der Waals surface area contributed by atoms with Gasteiger partial charge in [-0.25, -0.2) is 0 Å². The van der Waals surface area contributed by atoms with Crippen molar-refractivity contribution in [3.05, 3.63) is 0 Å². The molecule has 1 nitrogen and oxygen atoms in total. The number of aldehydes is 1. The second-order valence-electron chi connectivity index (χ2n) is 4.13. The third-order valence-corrected chi connectivity index (χ3v) is 3.53. The van der Waals surface area contributed by atoms with Crippen LogP contribution in [0.2, 0.25) is 0 Å². The van der Waals surface area contributed by atoms with Gasteiger partial charge in [0.05, 0.1) is 0 Å². The van der Waals surface area contributed by atoms with Crippen LogP contribution in [0.5, 0.6) is 0 Å². The van der Waals surface area contributed by atoms with Crippen LogP contribution in [0.4, 0.5) is 0 Å². The maximum atomic E-state index is 10.6. The molecule has 58 valence electrons. The Morgan fingerprint density at radius 1 is 1.30 bits per heavy atom. The predicted octanol–water partition coefficient (Wildman–Crippen LogP) is 2.11. The summed E-state index contributed by atoms with van der Waals surface area (Å²) in [5.74, 6) is 1.58. The molecule has 3 atom stereocenters. The Morgan fingerprint density at radius 2 is 1.80 bits per heavy atom. The minimum atomic E-state index is 0.251. The maximum Gasteiger partial charge on any atom is 0.123 e. The van der Waals surface area contributed by atoms with Crippen molar-refractivity contribution in [3.8, 4) is 0 Å². The molecular weight excluding hydrogens is 124 g/mol. The molecule has 0 spiro atoms. The van der Waals surface area contributed by atoms with Crippen LogP contribution in [0.1, 0.15) is 27.7 Å². The molecule has 1 aliphatic rings. The van der Waals surface area contributed by atoms with Gasteiger partial charge in [0.15, 0.2) is 0 Å². The molecule has 0 aliphatic heterocycles. The lowest BCUT2D eigenvalue weighted by Crippen LogP contribution is -2.51. The van der Waals surface area contributed by atoms with Crippen molar-refractivity contribution < 1.29 is 4.79 Å². The van der Waals surface area contributed by atoms with Gasteiger partial charge in [-0.1, -0.05) is 27.7 Å². The van der Waals surface area contributed by atoms with Gasteiger partial charge in [0.1, 0.15) is 6.29 Å². The first-order chi connectivity index (χ1) is 4.51. The van der Waals surface area contributed by atoms with Crippen molar-refractivity contribution in [3.63, 3.8) is 0 Å². The summed E-state index contributed by atoms with van der Waals surface area (Å²) in [6.45, 7) is 8.74. The molecule has 0 aromatic rings. The van der Waals surface area contributed by atoms with Crippen LogP contribution in [0.15, 0.2) is 0 Å². The summed E-state index contributed by atoms with van der Waals surface area (Å²) in [6.07, 6.45) is 1.12. The van der Waals surface area contributed by atoms with Crippen LogP contribution < -0.4 is 0 Å². The Bertz CT molecular complexity index is 149. The van der Waals surface area contributed by atoms with Gasteiger partial charge in [0.25, 0.3) is 0 Å². The van der Waals surface area contributed by atoms with Crippen LogP contribution in [0.25, 0.3) is 0 Å².